The Bertz CT molecular complexity index is 366. The van der Waals surface area contributed by atoms with Crippen molar-refractivity contribution >= 4 is 49.1 Å². The Labute approximate surface area is 105 Å². The van der Waals surface area contributed by atoms with E-state index in [0.29, 0.717) is 11.7 Å². The smallest absolute Gasteiger partial charge is 0.154 e. The Morgan fingerprint density at radius 3 is 2.79 bits per heavy atom. The van der Waals surface area contributed by atoms with E-state index in [9.17, 15) is 0 Å². The van der Waals surface area contributed by atoms with Gasteiger partial charge in [-0.3, -0.25) is 0 Å². The van der Waals surface area contributed by atoms with Gasteiger partial charge in [0.1, 0.15) is 4.60 Å². The second-order valence-electron chi connectivity index (χ2n) is 2.68. The van der Waals surface area contributed by atoms with Crippen LogP contribution in [0.1, 0.15) is 5.56 Å². The van der Waals surface area contributed by atoms with Gasteiger partial charge in [0.15, 0.2) is 5.15 Å². The van der Waals surface area contributed by atoms with Crippen LogP contribution < -0.4 is 5.32 Å². The second kappa shape index (κ2) is 5.14. The topological polar surface area (TPSA) is 24.9 Å². The molecule has 0 atom stereocenters. The van der Waals surface area contributed by atoms with Gasteiger partial charge in [-0.05, 0) is 44.3 Å². The number of hydrogen-bond donors (Lipinski definition) is 1. The van der Waals surface area contributed by atoms with Crippen LogP contribution in [0.25, 0.3) is 0 Å². The van der Waals surface area contributed by atoms with Crippen LogP contribution in [-0.2, 0) is 0 Å². The van der Waals surface area contributed by atoms with Crippen LogP contribution in [0.5, 0.6) is 0 Å². The average Bonchev–Trinajstić information content (AvgIpc) is 2.14. The minimum atomic E-state index is 0.441. The molecule has 0 fully saturated rings. The summed E-state index contributed by atoms with van der Waals surface area (Å²) in [7, 11) is 0. The van der Waals surface area contributed by atoms with Crippen molar-refractivity contribution in [2.24, 2.45) is 0 Å². The number of halogens is 3. The lowest BCUT2D eigenvalue weighted by Gasteiger charge is -2.11. The molecule has 0 aliphatic carbocycles. The number of anilines is 1. The predicted octanol–water partition coefficient (Wildman–Crippen LogP) is 4.17. The Morgan fingerprint density at radius 2 is 2.21 bits per heavy atom. The lowest BCUT2D eigenvalue weighted by atomic mass is 10.3. The maximum Gasteiger partial charge on any atom is 0.154 e. The van der Waals surface area contributed by atoms with E-state index in [1.807, 2.05) is 6.92 Å². The Hall–Kier alpha value is -0.0600. The van der Waals surface area contributed by atoms with Gasteiger partial charge in [-0.25, -0.2) is 4.98 Å². The van der Waals surface area contributed by atoms with Crippen LogP contribution in [0.15, 0.2) is 21.7 Å². The molecule has 0 bridgehead atoms. The standard InChI is InChI=1S/C9H9Br2ClN2/c1-3-4-13-7-6(10)5(2)8(11)14-9(7)12/h3,13H,1,4H2,2H3. The summed E-state index contributed by atoms with van der Waals surface area (Å²) < 4.78 is 1.67. The van der Waals surface area contributed by atoms with Crippen LogP contribution in [0.4, 0.5) is 5.69 Å². The molecule has 0 spiro atoms. The zero-order valence-electron chi connectivity index (χ0n) is 7.57. The first-order chi connectivity index (χ1) is 6.57. The van der Waals surface area contributed by atoms with Crippen molar-refractivity contribution < 1.29 is 0 Å². The summed E-state index contributed by atoms with van der Waals surface area (Å²) in [5, 5.41) is 3.56. The van der Waals surface area contributed by atoms with Gasteiger partial charge < -0.3 is 5.32 Å². The highest BCUT2D eigenvalue weighted by atomic mass is 79.9. The fraction of sp³-hybridized carbons (Fsp3) is 0.222. The molecule has 0 aliphatic rings. The molecule has 1 aromatic rings. The van der Waals surface area contributed by atoms with Crippen molar-refractivity contribution in [3.63, 3.8) is 0 Å². The zero-order chi connectivity index (χ0) is 10.7. The maximum absolute atomic E-state index is 5.97. The first kappa shape index (κ1) is 12.0. The second-order valence-corrected chi connectivity index (χ2v) is 4.58. The van der Waals surface area contributed by atoms with Gasteiger partial charge in [-0.2, -0.15) is 0 Å². The molecule has 0 amide bonds. The molecule has 0 saturated heterocycles. The van der Waals surface area contributed by atoms with E-state index in [0.717, 1.165) is 20.3 Å². The molecule has 76 valence electrons. The number of hydrogen-bond acceptors (Lipinski definition) is 2. The van der Waals surface area contributed by atoms with Crippen LogP contribution in [0.3, 0.4) is 0 Å². The van der Waals surface area contributed by atoms with Crippen molar-refractivity contribution in [1.29, 1.82) is 0 Å². The molecule has 0 aliphatic heterocycles. The molecular formula is C9H9Br2ClN2. The molecule has 1 heterocycles. The molecule has 14 heavy (non-hydrogen) atoms. The number of rotatable bonds is 3. The molecular weight excluding hydrogens is 331 g/mol. The van der Waals surface area contributed by atoms with Crippen LogP contribution in [-0.4, -0.2) is 11.5 Å². The van der Waals surface area contributed by atoms with Crippen molar-refractivity contribution in [2.75, 3.05) is 11.9 Å². The summed E-state index contributed by atoms with van der Waals surface area (Å²) in [6.07, 6.45) is 1.76. The van der Waals surface area contributed by atoms with Gasteiger partial charge in [0.25, 0.3) is 0 Å². The maximum atomic E-state index is 5.97. The van der Waals surface area contributed by atoms with Gasteiger partial charge in [0.2, 0.25) is 0 Å². The normalized spacial score (nSPS) is 10.0. The van der Waals surface area contributed by atoms with E-state index in [2.05, 4.69) is 48.7 Å². The molecule has 0 saturated carbocycles. The number of nitrogens with one attached hydrogen (secondary N) is 1. The molecule has 5 heteroatoms. The highest BCUT2D eigenvalue weighted by Crippen LogP contribution is 2.35. The quantitative estimate of drug-likeness (QED) is 0.660. The Balaban J connectivity index is 3.15. The van der Waals surface area contributed by atoms with E-state index >= 15 is 0 Å². The molecule has 0 aromatic carbocycles. The lowest BCUT2D eigenvalue weighted by Crippen LogP contribution is -2.02. The number of pyridine rings is 1. The molecule has 2 nitrogen and oxygen atoms in total. The fourth-order valence-corrected chi connectivity index (χ4v) is 2.54. The first-order valence-corrected chi connectivity index (χ1v) is 5.90. The lowest BCUT2D eigenvalue weighted by molar-refractivity contribution is 1.18. The zero-order valence-corrected chi connectivity index (χ0v) is 11.5. The monoisotopic (exact) mass is 338 g/mol. The van der Waals surface area contributed by atoms with Crippen LogP contribution in [0.2, 0.25) is 5.15 Å². The van der Waals surface area contributed by atoms with Crippen molar-refractivity contribution in [3.8, 4) is 0 Å². The summed E-state index contributed by atoms with van der Waals surface area (Å²) in [6.45, 7) is 6.23. The predicted molar refractivity (Wildman–Crippen MR) is 68.1 cm³/mol. The van der Waals surface area contributed by atoms with Gasteiger partial charge in [-0.1, -0.05) is 17.7 Å². The van der Waals surface area contributed by atoms with Crippen molar-refractivity contribution in [3.05, 3.63) is 32.4 Å². The van der Waals surface area contributed by atoms with Gasteiger partial charge in [0.05, 0.1) is 5.69 Å². The highest BCUT2D eigenvalue weighted by molar-refractivity contribution is 9.11. The van der Waals surface area contributed by atoms with Crippen LogP contribution >= 0.6 is 43.5 Å². The van der Waals surface area contributed by atoms with E-state index in [-0.39, 0.29) is 0 Å². The summed E-state index contributed by atoms with van der Waals surface area (Å²) in [5.74, 6) is 0. The van der Waals surface area contributed by atoms with E-state index in [1.54, 1.807) is 6.08 Å². The largest absolute Gasteiger partial charge is 0.378 e. The average molecular weight is 340 g/mol. The Morgan fingerprint density at radius 1 is 1.57 bits per heavy atom. The summed E-state index contributed by atoms with van der Waals surface area (Å²) in [5.41, 5.74) is 1.81. The summed E-state index contributed by atoms with van der Waals surface area (Å²) in [4.78, 5) is 4.14. The van der Waals surface area contributed by atoms with Gasteiger partial charge >= 0.3 is 0 Å². The summed E-state index contributed by atoms with van der Waals surface area (Å²) >= 11 is 12.8. The number of aromatic nitrogens is 1. The third-order valence-electron chi connectivity index (χ3n) is 1.68. The minimum Gasteiger partial charge on any atom is -0.378 e. The third kappa shape index (κ3) is 2.49. The molecule has 0 unspecified atom stereocenters. The Kier molecular flexibility index (Phi) is 4.41. The van der Waals surface area contributed by atoms with Crippen molar-refractivity contribution in [2.45, 2.75) is 6.92 Å². The molecule has 1 aromatic heterocycles. The minimum absolute atomic E-state index is 0.441. The van der Waals surface area contributed by atoms with Gasteiger partial charge in [0, 0.05) is 11.0 Å². The number of nitrogens with zero attached hydrogens (tertiary/aromatic N) is 1. The summed E-state index contributed by atoms with van der Waals surface area (Å²) in [6, 6.07) is 0. The first-order valence-electron chi connectivity index (χ1n) is 3.93. The molecule has 1 rings (SSSR count). The van der Waals surface area contributed by atoms with Crippen molar-refractivity contribution in [1.82, 2.24) is 4.98 Å². The fourth-order valence-electron chi connectivity index (χ4n) is 0.919. The van der Waals surface area contributed by atoms with E-state index in [1.165, 1.54) is 0 Å². The van der Waals surface area contributed by atoms with E-state index in [4.69, 9.17) is 11.6 Å². The highest BCUT2D eigenvalue weighted by Gasteiger charge is 2.11. The molecule has 1 N–H and O–H groups in total. The SMILES string of the molecule is C=CCNc1c(Cl)nc(Br)c(C)c1Br. The van der Waals surface area contributed by atoms with Gasteiger partial charge in [-0.15, -0.1) is 6.58 Å². The van der Waals surface area contributed by atoms with E-state index < -0.39 is 0 Å². The van der Waals surface area contributed by atoms with Crippen LogP contribution in [0, 0.1) is 6.92 Å². The third-order valence-corrected chi connectivity index (χ3v) is 3.72. The molecule has 0 radical (unpaired) electrons.